The summed E-state index contributed by atoms with van der Waals surface area (Å²) >= 11 is 0. The summed E-state index contributed by atoms with van der Waals surface area (Å²) in [7, 11) is 0. The average Bonchev–Trinajstić information content (AvgIpc) is 2.78. The third kappa shape index (κ3) is 3.30. The highest BCUT2D eigenvalue weighted by molar-refractivity contribution is 6.42. The van der Waals surface area contributed by atoms with Gasteiger partial charge in [0.25, 0.3) is 0 Å². The number of hydrogen-bond acceptors (Lipinski definition) is 3. The van der Waals surface area contributed by atoms with Gasteiger partial charge in [0.15, 0.2) is 5.71 Å². The van der Waals surface area contributed by atoms with Gasteiger partial charge in [0, 0.05) is 5.56 Å². The number of hydrogen-bond donors (Lipinski definition) is 1. The predicted octanol–water partition coefficient (Wildman–Crippen LogP) is 2.96. The number of benzene rings is 1. The number of aliphatic carboxylic acids is 1. The summed E-state index contributed by atoms with van der Waals surface area (Å²) in [6, 6.07) is 5.15. The van der Waals surface area contributed by atoms with E-state index in [0.29, 0.717) is 5.56 Å². The molecule has 1 saturated carbocycles. The number of halogens is 1. The van der Waals surface area contributed by atoms with Crippen LogP contribution < -0.4 is 0 Å². The predicted molar refractivity (Wildman–Crippen MR) is 68.5 cm³/mol. The Kier molecular flexibility index (Phi) is 3.83. The minimum atomic E-state index is -1.19. The molecule has 0 amide bonds. The topological polar surface area (TPSA) is 58.9 Å². The van der Waals surface area contributed by atoms with Gasteiger partial charge in [-0.05, 0) is 56.9 Å². The van der Waals surface area contributed by atoms with Crippen LogP contribution in [0.2, 0.25) is 0 Å². The van der Waals surface area contributed by atoms with Crippen LogP contribution in [0, 0.1) is 5.82 Å². The van der Waals surface area contributed by atoms with Crippen molar-refractivity contribution in [2.75, 3.05) is 0 Å². The van der Waals surface area contributed by atoms with Gasteiger partial charge in [0.05, 0.1) is 0 Å². The summed E-state index contributed by atoms with van der Waals surface area (Å²) in [5.74, 6) is -1.61. The molecule has 1 fully saturated rings. The van der Waals surface area contributed by atoms with Crippen LogP contribution in [0.15, 0.2) is 29.4 Å². The molecule has 0 bridgehead atoms. The van der Waals surface area contributed by atoms with Crippen LogP contribution in [-0.2, 0) is 9.63 Å². The van der Waals surface area contributed by atoms with E-state index in [1.807, 2.05) is 6.92 Å². The van der Waals surface area contributed by atoms with Crippen LogP contribution >= 0.6 is 0 Å². The van der Waals surface area contributed by atoms with Crippen molar-refractivity contribution in [3.05, 3.63) is 35.6 Å². The fraction of sp³-hybridized carbons (Fsp3) is 0.429. The third-order valence-electron chi connectivity index (χ3n) is 3.34. The number of carbonyl (C=O) groups is 1. The Labute approximate surface area is 110 Å². The van der Waals surface area contributed by atoms with Crippen LogP contribution in [0.4, 0.5) is 4.39 Å². The zero-order valence-electron chi connectivity index (χ0n) is 10.7. The molecule has 0 spiro atoms. The molecule has 1 aliphatic rings. The van der Waals surface area contributed by atoms with E-state index in [9.17, 15) is 9.18 Å². The first kappa shape index (κ1) is 13.5. The lowest BCUT2D eigenvalue weighted by Crippen LogP contribution is -2.24. The highest BCUT2D eigenvalue weighted by Crippen LogP contribution is 2.32. The van der Waals surface area contributed by atoms with E-state index in [4.69, 9.17) is 9.94 Å². The summed E-state index contributed by atoms with van der Waals surface area (Å²) in [4.78, 5) is 16.6. The Morgan fingerprint density at radius 2 is 1.89 bits per heavy atom. The van der Waals surface area contributed by atoms with Gasteiger partial charge in [-0.3, -0.25) is 0 Å². The zero-order valence-corrected chi connectivity index (χ0v) is 10.7. The lowest BCUT2D eigenvalue weighted by atomic mass is 10.1. The Morgan fingerprint density at radius 3 is 2.42 bits per heavy atom. The van der Waals surface area contributed by atoms with Crippen LogP contribution in [-0.4, -0.2) is 22.4 Å². The number of carboxylic acid groups (broad SMARTS) is 1. The van der Waals surface area contributed by atoms with Crippen LogP contribution in [0.3, 0.4) is 0 Å². The van der Waals surface area contributed by atoms with Gasteiger partial charge in [0.2, 0.25) is 0 Å². The highest BCUT2D eigenvalue weighted by atomic mass is 19.1. The molecule has 0 radical (unpaired) electrons. The van der Waals surface area contributed by atoms with Crippen molar-refractivity contribution in [2.24, 2.45) is 5.16 Å². The van der Waals surface area contributed by atoms with Gasteiger partial charge in [0.1, 0.15) is 11.4 Å². The molecular weight excluding hydrogens is 249 g/mol. The van der Waals surface area contributed by atoms with E-state index >= 15 is 0 Å². The molecule has 102 valence electrons. The van der Waals surface area contributed by atoms with Gasteiger partial charge in [-0.25, -0.2) is 9.18 Å². The Morgan fingerprint density at radius 1 is 1.32 bits per heavy atom. The number of rotatable bonds is 4. The molecule has 1 aromatic rings. The summed E-state index contributed by atoms with van der Waals surface area (Å²) < 4.78 is 12.8. The SMILES string of the molecule is CC1(ON=C(C(=O)O)c2ccc(F)cc2)CCCC1. The van der Waals surface area contributed by atoms with Crippen molar-refractivity contribution in [1.82, 2.24) is 0 Å². The second kappa shape index (κ2) is 5.38. The Bertz CT molecular complexity index is 490. The summed E-state index contributed by atoms with van der Waals surface area (Å²) in [6.45, 7) is 1.92. The molecular formula is C14H16FNO3. The molecule has 19 heavy (non-hydrogen) atoms. The normalized spacial score (nSPS) is 18.3. The summed E-state index contributed by atoms with van der Waals surface area (Å²) in [5, 5.41) is 12.9. The molecule has 0 heterocycles. The minimum Gasteiger partial charge on any atom is -0.476 e. The van der Waals surface area contributed by atoms with E-state index in [1.54, 1.807) is 0 Å². The van der Waals surface area contributed by atoms with Crippen molar-refractivity contribution in [3.63, 3.8) is 0 Å². The molecule has 1 aromatic carbocycles. The van der Waals surface area contributed by atoms with E-state index in [-0.39, 0.29) is 11.3 Å². The molecule has 5 heteroatoms. The lowest BCUT2D eigenvalue weighted by Gasteiger charge is -2.20. The number of nitrogens with zero attached hydrogens (tertiary/aromatic N) is 1. The van der Waals surface area contributed by atoms with Gasteiger partial charge in [-0.2, -0.15) is 0 Å². The van der Waals surface area contributed by atoms with Crippen LogP contribution in [0.5, 0.6) is 0 Å². The summed E-state index contributed by atoms with van der Waals surface area (Å²) in [5.41, 5.74) is -0.260. The first-order valence-corrected chi connectivity index (χ1v) is 6.26. The van der Waals surface area contributed by atoms with Crippen molar-refractivity contribution in [3.8, 4) is 0 Å². The lowest BCUT2D eigenvalue weighted by molar-refractivity contribution is -0.129. The fourth-order valence-electron chi connectivity index (χ4n) is 2.19. The van der Waals surface area contributed by atoms with E-state index in [0.717, 1.165) is 25.7 Å². The molecule has 1 N–H and O–H groups in total. The number of carboxylic acids is 1. The molecule has 0 saturated heterocycles. The maximum Gasteiger partial charge on any atom is 0.358 e. The Hall–Kier alpha value is -1.91. The maximum atomic E-state index is 12.8. The third-order valence-corrected chi connectivity index (χ3v) is 3.34. The van der Waals surface area contributed by atoms with E-state index in [2.05, 4.69) is 5.16 Å². The van der Waals surface area contributed by atoms with Gasteiger partial charge < -0.3 is 9.94 Å². The smallest absolute Gasteiger partial charge is 0.358 e. The van der Waals surface area contributed by atoms with Crippen LogP contribution in [0.25, 0.3) is 0 Å². The molecule has 0 aromatic heterocycles. The van der Waals surface area contributed by atoms with Crippen molar-refractivity contribution in [2.45, 2.75) is 38.2 Å². The molecule has 0 atom stereocenters. The van der Waals surface area contributed by atoms with E-state index < -0.39 is 11.8 Å². The first-order valence-electron chi connectivity index (χ1n) is 6.26. The molecule has 1 aliphatic carbocycles. The van der Waals surface area contributed by atoms with Crippen molar-refractivity contribution >= 4 is 11.7 Å². The quantitative estimate of drug-likeness (QED) is 0.672. The van der Waals surface area contributed by atoms with Crippen LogP contribution in [0.1, 0.15) is 38.2 Å². The minimum absolute atomic E-state index is 0.201. The zero-order chi connectivity index (χ0) is 13.9. The van der Waals surface area contributed by atoms with Gasteiger partial charge in [-0.1, -0.05) is 5.16 Å². The second-order valence-electron chi connectivity index (χ2n) is 5.00. The fourth-order valence-corrected chi connectivity index (χ4v) is 2.19. The van der Waals surface area contributed by atoms with Gasteiger partial charge >= 0.3 is 5.97 Å². The van der Waals surface area contributed by atoms with Gasteiger partial charge in [-0.15, -0.1) is 0 Å². The van der Waals surface area contributed by atoms with E-state index in [1.165, 1.54) is 24.3 Å². The molecule has 2 rings (SSSR count). The standard InChI is InChI=1S/C14H16FNO3/c1-14(8-2-3-9-14)19-16-12(13(17)18)10-4-6-11(15)7-5-10/h4-7H,2-3,8-9H2,1H3,(H,17,18). The monoisotopic (exact) mass is 265 g/mol. The van der Waals surface area contributed by atoms with Crippen molar-refractivity contribution < 1.29 is 19.1 Å². The maximum absolute atomic E-state index is 12.8. The molecule has 4 nitrogen and oxygen atoms in total. The second-order valence-corrected chi connectivity index (χ2v) is 5.00. The molecule has 0 aliphatic heterocycles. The Balaban J connectivity index is 2.20. The first-order chi connectivity index (χ1) is 9.00. The average molecular weight is 265 g/mol. The number of oxime groups is 1. The van der Waals surface area contributed by atoms with Crippen molar-refractivity contribution in [1.29, 1.82) is 0 Å². The summed E-state index contributed by atoms with van der Waals surface area (Å²) in [6.07, 6.45) is 3.86. The largest absolute Gasteiger partial charge is 0.476 e. The molecule has 0 unspecified atom stereocenters. The highest BCUT2D eigenvalue weighted by Gasteiger charge is 2.31.